The molecule has 0 radical (unpaired) electrons. The Kier molecular flexibility index (Phi) is 5.91. The minimum absolute atomic E-state index is 0.166. The second-order valence-corrected chi connectivity index (χ2v) is 7.17. The van der Waals surface area contributed by atoms with Gasteiger partial charge in [0.2, 0.25) is 5.71 Å². The molecule has 1 N–H and O–H groups in total. The number of methoxy groups -OCH3 is 2. The highest BCUT2D eigenvalue weighted by molar-refractivity contribution is 6.06. The van der Waals surface area contributed by atoms with Gasteiger partial charge >= 0.3 is 0 Å². The molecular weight excluding hydrogens is 374 g/mol. The maximum absolute atomic E-state index is 12.9. The van der Waals surface area contributed by atoms with Crippen LogP contribution in [0.25, 0.3) is 11.1 Å². The van der Waals surface area contributed by atoms with E-state index in [9.17, 15) is 9.59 Å². The van der Waals surface area contributed by atoms with Crippen molar-refractivity contribution < 1.29 is 18.7 Å². The third-order valence-corrected chi connectivity index (χ3v) is 4.58. The lowest BCUT2D eigenvalue weighted by molar-refractivity contribution is 0.0950. The van der Waals surface area contributed by atoms with Crippen LogP contribution in [0.1, 0.15) is 35.5 Å². The Balaban J connectivity index is 1.91. The quantitative estimate of drug-likeness (QED) is 0.656. The molecule has 8 heteroatoms. The number of benzene rings is 1. The maximum Gasteiger partial charge on any atom is 0.265 e. The van der Waals surface area contributed by atoms with Crippen LogP contribution in [0, 0.1) is 12.8 Å². The zero-order chi connectivity index (χ0) is 21.1. The molecule has 0 unspecified atom stereocenters. The molecule has 1 amide bonds. The summed E-state index contributed by atoms with van der Waals surface area (Å²) in [6.45, 7) is 6.39. The van der Waals surface area contributed by atoms with E-state index in [-0.39, 0.29) is 34.7 Å². The lowest BCUT2D eigenvalue weighted by Crippen LogP contribution is -2.27. The Morgan fingerprint density at radius 3 is 2.69 bits per heavy atom. The lowest BCUT2D eigenvalue weighted by Gasteiger charge is -2.11. The summed E-state index contributed by atoms with van der Waals surface area (Å²) in [4.78, 5) is 30.0. The predicted octanol–water partition coefficient (Wildman–Crippen LogP) is 2.90. The number of rotatable bonds is 7. The van der Waals surface area contributed by atoms with Crippen molar-refractivity contribution in [1.29, 1.82) is 0 Å². The van der Waals surface area contributed by atoms with Gasteiger partial charge in [-0.1, -0.05) is 13.8 Å². The van der Waals surface area contributed by atoms with E-state index in [4.69, 9.17) is 13.9 Å². The molecule has 2 aromatic heterocycles. The van der Waals surface area contributed by atoms with Crippen molar-refractivity contribution in [3.63, 3.8) is 0 Å². The number of fused-ring (bicyclic) bond motifs is 1. The largest absolute Gasteiger partial charge is 0.497 e. The van der Waals surface area contributed by atoms with E-state index in [1.54, 1.807) is 33.3 Å². The van der Waals surface area contributed by atoms with Crippen molar-refractivity contribution in [2.45, 2.75) is 33.9 Å². The summed E-state index contributed by atoms with van der Waals surface area (Å²) in [5.74, 6) is 1.47. The molecule has 1 aromatic carbocycles. The molecule has 8 nitrogen and oxygen atoms in total. The first-order valence-corrected chi connectivity index (χ1v) is 9.33. The second-order valence-electron chi connectivity index (χ2n) is 7.17. The Hall–Kier alpha value is -3.29. The molecular formula is C21H25N3O5. The van der Waals surface area contributed by atoms with Gasteiger partial charge in [0.25, 0.3) is 11.5 Å². The fraction of sp³-hybridized carbons (Fsp3) is 0.381. The number of hydrogen-bond donors (Lipinski definition) is 1. The number of furan rings is 1. The predicted molar refractivity (Wildman–Crippen MR) is 109 cm³/mol. The number of ether oxygens (including phenoxy) is 2. The molecule has 0 atom stereocenters. The van der Waals surface area contributed by atoms with Crippen molar-refractivity contribution in [2.75, 3.05) is 14.2 Å². The fourth-order valence-corrected chi connectivity index (χ4v) is 3.20. The van der Waals surface area contributed by atoms with Gasteiger partial charge in [0.05, 0.1) is 19.8 Å². The highest BCUT2D eigenvalue weighted by Crippen LogP contribution is 2.25. The van der Waals surface area contributed by atoms with E-state index in [0.29, 0.717) is 23.8 Å². The molecule has 2 heterocycles. The summed E-state index contributed by atoms with van der Waals surface area (Å²) < 4.78 is 17.6. The molecule has 3 rings (SSSR count). The average Bonchev–Trinajstić information content (AvgIpc) is 3.04. The van der Waals surface area contributed by atoms with Gasteiger partial charge in [0, 0.05) is 24.7 Å². The van der Waals surface area contributed by atoms with Crippen molar-refractivity contribution in [2.24, 2.45) is 5.92 Å². The first kappa shape index (κ1) is 20.4. The van der Waals surface area contributed by atoms with E-state index in [1.165, 1.54) is 10.9 Å². The molecule has 0 aliphatic carbocycles. The average molecular weight is 399 g/mol. The van der Waals surface area contributed by atoms with Gasteiger partial charge in [-0.15, -0.1) is 0 Å². The molecule has 0 bridgehead atoms. The summed E-state index contributed by atoms with van der Waals surface area (Å²) in [5.41, 5.74) is 0.873. The number of hydrogen-bond acceptors (Lipinski definition) is 6. The minimum Gasteiger partial charge on any atom is -0.497 e. The monoisotopic (exact) mass is 399 g/mol. The van der Waals surface area contributed by atoms with E-state index < -0.39 is 5.91 Å². The molecule has 0 fully saturated rings. The SMILES string of the molecule is COc1ccc(CNC(=O)c2c(C)oc3ncn(CC(C)C)c(=O)c23)c(OC)c1. The standard InChI is InChI=1S/C21H25N3O5/c1-12(2)10-24-11-23-20-18(21(24)26)17(13(3)29-20)19(25)22-9-14-6-7-15(27-4)8-16(14)28-5/h6-8,11-12H,9-10H2,1-5H3,(H,22,25). The van der Waals surface area contributed by atoms with E-state index >= 15 is 0 Å². The normalized spacial score (nSPS) is 11.1. The molecule has 0 spiro atoms. The van der Waals surface area contributed by atoms with Crippen LogP contribution in [0.3, 0.4) is 0 Å². The van der Waals surface area contributed by atoms with Crippen LogP contribution in [0.4, 0.5) is 0 Å². The van der Waals surface area contributed by atoms with Crippen molar-refractivity contribution >= 4 is 17.0 Å². The molecule has 154 valence electrons. The minimum atomic E-state index is -0.402. The van der Waals surface area contributed by atoms with E-state index in [0.717, 1.165) is 5.56 Å². The van der Waals surface area contributed by atoms with Crippen molar-refractivity contribution in [3.05, 3.63) is 51.8 Å². The van der Waals surface area contributed by atoms with Crippen LogP contribution in [-0.4, -0.2) is 29.7 Å². The zero-order valence-electron chi connectivity index (χ0n) is 17.2. The van der Waals surface area contributed by atoms with Crippen LogP contribution < -0.4 is 20.3 Å². The second kappa shape index (κ2) is 8.38. The summed E-state index contributed by atoms with van der Waals surface area (Å²) in [7, 11) is 3.12. The lowest BCUT2D eigenvalue weighted by atomic mass is 10.1. The van der Waals surface area contributed by atoms with Crippen molar-refractivity contribution in [3.8, 4) is 11.5 Å². The number of aromatic nitrogens is 2. The molecule has 3 aromatic rings. The topological polar surface area (TPSA) is 95.6 Å². The van der Waals surface area contributed by atoms with Gasteiger partial charge in [0.15, 0.2) is 0 Å². The third-order valence-electron chi connectivity index (χ3n) is 4.58. The summed E-state index contributed by atoms with van der Waals surface area (Å²) in [6, 6.07) is 5.35. The first-order valence-electron chi connectivity index (χ1n) is 9.33. The van der Waals surface area contributed by atoms with Gasteiger partial charge in [-0.05, 0) is 25.0 Å². The summed E-state index contributed by atoms with van der Waals surface area (Å²) >= 11 is 0. The molecule has 0 saturated carbocycles. The molecule has 29 heavy (non-hydrogen) atoms. The number of nitrogens with zero attached hydrogens (tertiary/aromatic N) is 2. The van der Waals surface area contributed by atoms with Crippen LogP contribution in [0.2, 0.25) is 0 Å². The fourth-order valence-electron chi connectivity index (χ4n) is 3.20. The summed E-state index contributed by atoms with van der Waals surface area (Å²) in [6.07, 6.45) is 1.46. The van der Waals surface area contributed by atoms with Crippen LogP contribution in [0.15, 0.2) is 33.7 Å². The van der Waals surface area contributed by atoms with Crippen LogP contribution in [0.5, 0.6) is 11.5 Å². The summed E-state index contributed by atoms with van der Waals surface area (Å²) in [5, 5.41) is 3.04. The third kappa shape index (κ3) is 4.11. The highest BCUT2D eigenvalue weighted by atomic mass is 16.5. The zero-order valence-corrected chi connectivity index (χ0v) is 17.2. The number of aryl methyl sites for hydroxylation is 1. The van der Waals surface area contributed by atoms with Crippen molar-refractivity contribution in [1.82, 2.24) is 14.9 Å². The number of nitrogens with one attached hydrogen (secondary N) is 1. The molecule has 0 saturated heterocycles. The Morgan fingerprint density at radius 2 is 2.03 bits per heavy atom. The Morgan fingerprint density at radius 1 is 1.28 bits per heavy atom. The van der Waals surface area contributed by atoms with Crippen LogP contribution in [-0.2, 0) is 13.1 Å². The van der Waals surface area contributed by atoms with E-state index in [1.807, 2.05) is 19.9 Å². The van der Waals surface area contributed by atoms with Gasteiger partial charge in [-0.25, -0.2) is 4.98 Å². The number of carbonyl (C=O) groups is 1. The first-order chi connectivity index (χ1) is 13.8. The van der Waals surface area contributed by atoms with Crippen LogP contribution >= 0.6 is 0 Å². The Bertz CT molecular complexity index is 1100. The molecule has 0 aliphatic rings. The van der Waals surface area contributed by atoms with Gasteiger partial charge in [-0.2, -0.15) is 0 Å². The van der Waals surface area contributed by atoms with Gasteiger partial charge in [-0.3, -0.25) is 14.2 Å². The number of carbonyl (C=O) groups excluding carboxylic acids is 1. The van der Waals surface area contributed by atoms with E-state index in [2.05, 4.69) is 10.3 Å². The van der Waals surface area contributed by atoms with Gasteiger partial charge < -0.3 is 19.2 Å². The maximum atomic E-state index is 12.9. The van der Waals surface area contributed by atoms with Gasteiger partial charge in [0.1, 0.15) is 29.0 Å². The Labute approximate surface area is 168 Å². The smallest absolute Gasteiger partial charge is 0.265 e. The number of amides is 1. The molecule has 0 aliphatic heterocycles. The highest BCUT2D eigenvalue weighted by Gasteiger charge is 2.23.